The molecule has 3 N–H and O–H groups in total. The van der Waals surface area contributed by atoms with Gasteiger partial charge in [-0.3, -0.25) is 10.1 Å². The maximum absolute atomic E-state index is 11.0. The van der Waals surface area contributed by atoms with Gasteiger partial charge in [-0.05, 0) is 35.7 Å². The van der Waals surface area contributed by atoms with E-state index in [1.807, 2.05) is 6.92 Å². The molecule has 0 aliphatic carbocycles. The Kier molecular flexibility index (Phi) is 3.20. The van der Waals surface area contributed by atoms with Crippen LogP contribution in [0.3, 0.4) is 0 Å². The molecule has 1 aromatic rings. The van der Waals surface area contributed by atoms with Gasteiger partial charge in [0.2, 0.25) is 5.91 Å². The van der Waals surface area contributed by atoms with Crippen LogP contribution in [0.1, 0.15) is 30.4 Å². The van der Waals surface area contributed by atoms with Crippen molar-refractivity contribution in [2.75, 3.05) is 0 Å². The van der Waals surface area contributed by atoms with Crippen LogP contribution >= 0.6 is 15.9 Å². The predicted molar refractivity (Wildman–Crippen MR) is 62.6 cm³/mol. The Balaban J connectivity index is 2.14. The molecule has 0 saturated carbocycles. The van der Waals surface area contributed by atoms with Gasteiger partial charge in [-0.1, -0.05) is 0 Å². The number of carbonyl (C=O) groups excluding carboxylic acids is 1. The lowest BCUT2D eigenvalue weighted by molar-refractivity contribution is -0.119. The van der Waals surface area contributed by atoms with E-state index in [2.05, 4.69) is 31.2 Å². The van der Waals surface area contributed by atoms with Gasteiger partial charge in [0.25, 0.3) is 0 Å². The molecule has 6 heteroatoms. The molecule has 0 spiro atoms. The van der Waals surface area contributed by atoms with Crippen LogP contribution < -0.4 is 11.1 Å². The third-order valence-electron chi connectivity index (χ3n) is 2.74. The Morgan fingerprint density at radius 3 is 2.94 bits per heavy atom. The number of carbonyl (C=O) groups is 1. The number of amides is 1. The molecule has 2 unspecified atom stereocenters. The second kappa shape index (κ2) is 4.47. The quantitative estimate of drug-likeness (QED) is 0.843. The number of primary amides is 1. The fourth-order valence-electron chi connectivity index (χ4n) is 1.81. The molecule has 1 aromatic heterocycles. The van der Waals surface area contributed by atoms with Crippen LogP contribution in [0.2, 0.25) is 0 Å². The number of nitrogens with zero attached hydrogens (tertiary/aromatic N) is 2. The van der Waals surface area contributed by atoms with Gasteiger partial charge in [0, 0.05) is 6.20 Å². The Morgan fingerprint density at radius 1 is 1.62 bits per heavy atom. The van der Waals surface area contributed by atoms with Crippen LogP contribution in [-0.2, 0) is 4.79 Å². The summed E-state index contributed by atoms with van der Waals surface area (Å²) in [6, 6.07) is -0.221. The fourth-order valence-corrected chi connectivity index (χ4v) is 2.00. The van der Waals surface area contributed by atoms with E-state index in [0.717, 1.165) is 28.8 Å². The van der Waals surface area contributed by atoms with E-state index in [0.29, 0.717) is 0 Å². The molecule has 1 aliphatic heterocycles. The van der Waals surface area contributed by atoms with Gasteiger partial charge in [-0.15, -0.1) is 0 Å². The summed E-state index contributed by atoms with van der Waals surface area (Å²) < 4.78 is 0.890. The third kappa shape index (κ3) is 2.22. The third-order valence-corrected chi connectivity index (χ3v) is 3.52. The zero-order valence-electron chi connectivity index (χ0n) is 8.90. The average molecular weight is 285 g/mol. The summed E-state index contributed by atoms with van der Waals surface area (Å²) in [7, 11) is 0. The smallest absolute Gasteiger partial charge is 0.234 e. The zero-order chi connectivity index (χ0) is 11.7. The monoisotopic (exact) mass is 284 g/mol. The first kappa shape index (κ1) is 11.5. The van der Waals surface area contributed by atoms with E-state index >= 15 is 0 Å². The first-order valence-corrected chi connectivity index (χ1v) is 5.91. The minimum absolute atomic E-state index is 0.0318. The van der Waals surface area contributed by atoms with Crippen molar-refractivity contribution in [3.8, 4) is 0 Å². The molecular weight excluding hydrogens is 272 g/mol. The second-order valence-electron chi connectivity index (χ2n) is 3.91. The molecule has 2 atom stereocenters. The summed E-state index contributed by atoms with van der Waals surface area (Å²) in [5.41, 5.74) is 6.14. The molecule has 16 heavy (non-hydrogen) atoms. The minimum atomic E-state index is -0.309. The standard InChI is InChI=1S/C10H13BrN4O/c1-5-6(11)4-13-10(14-5)8-3-2-7(15-8)9(12)16/h4,7-8,15H,2-3H2,1H3,(H2,12,16). The Morgan fingerprint density at radius 2 is 2.38 bits per heavy atom. The molecule has 86 valence electrons. The second-order valence-corrected chi connectivity index (χ2v) is 4.77. The number of nitrogens with two attached hydrogens (primary N) is 1. The average Bonchev–Trinajstić information content (AvgIpc) is 2.71. The molecule has 0 bridgehead atoms. The summed E-state index contributed by atoms with van der Waals surface area (Å²) in [5, 5.41) is 3.14. The highest BCUT2D eigenvalue weighted by Crippen LogP contribution is 2.25. The van der Waals surface area contributed by atoms with Gasteiger partial charge in [-0.25, -0.2) is 9.97 Å². The van der Waals surface area contributed by atoms with E-state index < -0.39 is 0 Å². The first-order valence-electron chi connectivity index (χ1n) is 5.12. The molecule has 1 aliphatic rings. The molecule has 5 nitrogen and oxygen atoms in total. The molecule has 0 aromatic carbocycles. The summed E-state index contributed by atoms with van der Waals surface area (Å²) >= 11 is 3.35. The van der Waals surface area contributed by atoms with Gasteiger partial charge in [0.05, 0.1) is 22.3 Å². The molecular formula is C10H13BrN4O. The number of halogens is 1. The van der Waals surface area contributed by atoms with Gasteiger partial charge in [-0.2, -0.15) is 0 Å². The number of aromatic nitrogens is 2. The minimum Gasteiger partial charge on any atom is -0.368 e. The van der Waals surface area contributed by atoms with Crippen LogP contribution in [-0.4, -0.2) is 21.9 Å². The van der Waals surface area contributed by atoms with E-state index in [1.165, 1.54) is 0 Å². The van der Waals surface area contributed by atoms with Crippen molar-refractivity contribution in [2.45, 2.75) is 31.8 Å². The van der Waals surface area contributed by atoms with Crippen molar-refractivity contribution in [3.63, 3.8) is 0 Å². The van der Waals surface area contributed by atoms with E-state index in [9.17, 15) is 4.79 Å². The van der Waals surface area contributed by atoms with Crippen LogP contribution in [0, 0.1) is 6.92 Å². The number of hydrogen-bond acceptors (Lipinski definition) is 4. The normalized spacial score (nSPS) is 24.6. The van der Waals surface area contributed by atoms with Gasteiger partial charge >= 0.3 is 0 Å². The number of hydrogen-bond donors (Lipinski definition) is 2. The fraction of sp³-hybridized carbons (Fsp3) is 0.500. The van der Waals surface area contributed by atoms with Crippen LogP contribution in [0.25, 0.3) is 0 Å². The predicted octanol–water partition coefficient (Wildman–Crippen LogP) is 0.826. The van der Waals surface area contributed by atoms with Crippen molar-refractivity contribution in [3.05, 3.63) is 22.2 Å². The molecule has 2 heterocycles. The Labute approximate surface area is 102 Å². The van der Waals surface area contributed by atoms with E-state index in [1.54, 1.807) is 6.20 Å². The lowest BCUT2D eigenvalue weighted by atomic mass is 10.2. The SMILES string of the molecule is Cc1nc(C2CCC(C(N)=O)N2)ncc1Br. The number of rotatable bonds is 2. The van der Waals surface area contributed by atoms with Crippen molar-refractivity contribution in [1.82, 2.24) is 15.3 Å². The highest BCUT2D eigenvalue weighted by Gasteiger charge is 2.30. The summed E-state index contributed by atoms with van der Waals surface area (Å²) in [5.74, 6) is 0.417. The summed E-state index contributed by atoms with van der Waals surface area (Å²) in [4.78, 5) is 19.6. The van der Waals surface area contributed by atoms with Crippen molar-refractivity contribution >= 4 is 21.8 Å². The van der Waals surface area contributed by atoms with Crippen LogP contribution in [0.5, 0.6) is 0 Å². The summed E-state index contributed by atoms with van der Waals surface area (Å²) in [6.07, 6.45) is 3.32. The topological polar surface area (TPSA) is 80.9 Å². The summed E-state index contributed by atoms with van der Waals surface area (Å²) in [6.45, 7) is 1.91. The van der Waals surface area contributed by atoms with Crippen molar-refractivity contribution in [1.29, 1.82) is 0 Å². The molecule has 1 amide bonds. The number of nitrogens with one attached hydrogen (secondary N) is 1. The number of aryl methyl sites for hydroxylation is 1. The molecule has 1 fully saturated rings. The van der Waals surface area contributed by atoms with Gasteiger partial charge in [0.15, 0.2) is 0 Å². The highest BCUT2D eigenvalue weighted by molar-refractivity contribution is 9.10. The van der Waals surface area contributed by atoms with E-state index in [4.69, 9.17) is 5.73 Å². The molecule has 1 saturated heterocycles. The highest BCUT2D eigenvalue weighted by atomic mass is 79.9. The maximum Gasteiger partial charge on any atom is 0.234 e. The Hall–Kier alpha value is -1.01. The molecule has 2 rings (SSSR count). The molecule has 0 radical (unpaired) electrons. The van der Waals surface area contributed by atoms with Gasteiger partial charge < -0.3 is 5.73 Å². The van der Waals surface area contributed by atoms with Crippen LogP contribution in [0.4, 0.5) is 0 Å². The van der Waals surface area contributed by atoms with Crippen molar-refractivity contribution in [2.24, 2.45) is 5.73 Å². The lowest BCUT2D eigenvalue weighted by Gasteiger charge is -2.11. The van der Waals surface area contributed by atoms with E-state index in [-0.39, 0.29) is 18.0 Å². The maximum atomic E-state index is 11.0. The van der Waals surface area contributed by atoms with Crippen molar-refractivity contribution < 1.29 is 4.79 Å². The zero-order valence-corrected chi connectivity index (χ0v) is 10.5. The first-order chi connectivity index (χ1) is 7.58. The Bertz CT molecular complexity index is 423. The largest absolute Gasteiger partial charge is 0.368 e. The lowest BCUT2D eigenvalue weighted by Crippen LogP contribution is -2.37. The van der Waals surface area contributed by atoms with Gasteiger partial charge in [0.1, 0.15) is 5.82 Å². The van der Waals surface area contributed by atoms with Crippen LogP contribution in [0.15, 0.2) is 10.7 Å².